The number of halogens is 1. The zero-order valence-corrected chi connectivity index (χ0v) is 20.9. The first kappa shape index (κ1) is 25.3. The highest BCUT2D eigenvalue weighted by Crippen LogP contribution is 2.37. The number of furan rings is 1. The van der Waals surface area contributed by atoms with Gasteiger partial charge < -0.3 is 19.0 Å². The van der Waals surface area contributed by atoms with Crippen molar-refractivity contribution in [2.45, 2.75) is 31.0 Å². The van der Waals surface area contributed by atoms with Crippen LogP contribution in [-0.2, 0) is 15.6 Å². The second-order valence-corrected chi connectivity index (χ2v) is 10.4. The van der Waals surface area contributed by atoms with Gasteiger partial charge in [0.15, 0.2) is 21.4 Å². The Morgan fingerprint density at radius 1 is 1.08 bits per heavy atom. The third-order valence-electron chi connectivity index (χ3n) is 5.71. The summed E-state index contributed by atoms with van der Waals surface area (Å²) >= 11 is 0. The number of hydrogen-bond acceptors (Lipinski definition) is 9. The Morgan fingerprint density at radius 2 is 1.78 bits per heavy atom. The number of aromatic nitrogens is 4. The van der Waals surface area contributed by atoms with E-state index in [2.05, 4.69) is 15.2 Å². The predicted octanol–water partition coefficient (Wildman–Crippen LogP) is 3.42. The number of sulfone groups is 1. The molecule has 10 nitrogen and oxygen atoms in total. The van der Waals surface area contributed by atoms with E-state index in [1.807, 2.05) is 0 Å². The van der Waals surface area contributed by atoms with E-state index in [1.54, 1.807) is 37.3 Å². The van der Waals surface area contributed by atoms with E-state index in [-0.39, 0.29) is 17.3 Å². The van der Waals surface area contributed by atoms with Crippen molar-refractivity contribution in [2.75, 3.05) is 14.2 Å². The first-order chi connectivity index (χ1) is 17.2. The molecule has 2 atom stereocenters. The van der Waals surface area contributed by atoms with E-state index in [1.165, 1.54) is 31.8 Å². The Morgan fingerprint density at radius 3 is 2.33 bits per heavy atom. The van der Waals surface area contributed by atoms with E-state index < -0.39 is 32.8 Å². The summed E-state index contributed by atoms with van der Waals surface area (Å²) in [4.78, 5) is 3.81. The molecule has 3 aromatic heterocycles. The SMILES string of the molecule is COc1cccc(OC)c1-n1c(CS(=O)(=O)[C@H](C)[C@@H](O)c2ccc(F)cn2)nnc1-c1ccc(C)o1. The van der Waals surface area contributed by atoms with Gasteiger partial charge in [0.25, 0.3) is 0 Å². The van der Waals surface area contributed by atoms with Crippen LogP contribution in [0.4, 0.5) is 4.39 Å². The Hall–Kier alpha value is -3.77. The maximum absolute atomic E-state index is 13.4. The van der Waals surface area contributed by atoms with Crippen molar-refractivity contribution in [1.29, 1.82) is 0 Å². The first-order valence-corrected chi connectivity index (χ1v) is 12.6. The number of aryl methyl sites for hydroxylation is 1. The smallest absolute Gasteiger partial charge is 0.204 e. The fourth-order valence-electron chi connectivity index (χ4n) is 3.72. The van der Waals surface area contributed by atoms with Crippen molar-refractivity contribution in [2.24, 2.45) is 0 Å². The van der Waals surface area contributed by atoms with Crippen LogP contribution in [0.3, 0.4) is 0 Å². The summed E-state index contributed by atoms with van der Waals surface area (Å²) in [5, 5.41) is 17.8. The zero-order valence-electron chi connectivity index (χ0n) is 20.0. The minimum absolute atomic E-state index is 0.0343. The largest absolute Gasteiger partial charge is 0.494 e. The summed E-state index contributed by atoms with van der Waals surface area (Å²) < 4.78 is 58.3. The number of ether oxygens (including phenoxy) is 2. The molecule has 1 aromatic carbocycles. The van der Waals surface area contributed by atoms with Gasteiger partial charge in [-0.05, 0) is 50.2 Å². The van der Waals surface area contributed by atoms with Crippen molar-refractivity contribution < 1.29 is 31.8 Å². The van der Waals surface area contributed by atoms with E-state index >= 15 is 0 Å². The molecule has 0 aliphatic heterocycles. The number of aliphatic hydroxyl groups excluding tert-OH is 1. The molecule has 0 aliphatic rings. The highest BCUT2D eigenvalue weighted by atomic mass is 32.2. The van der Waals surface area contributed by atoms with E-state index in [0.29, 0.717) is 28.7 Å². The van der Waals surface area contributed by atoms with Crippen LogP contribution in [0, 0.1) is 12.7 Å². The lowest BCUT2D eigenvalue weighted by atomic mass is 10.2. The summed E-state index contributed by atoms with van der Waals surface area (Å²) in [6.45, 7) is 3.12. The molecule has 0 saturated heterocycles. The van der Waals surface area contributed by atoms with Gasteiger partial charge in [0.1, 0.15) is 40.6 Å². The molecule has 0 unspecified atom stereocenters. The number of pyridine rings is 1. The molecule has 0 bridgehead atoms. The van der Waals surface area contributed by atoms with Gasteiger partial charge >= 0.3 is 0 Å². The molecule has 0 fully saturated rings. The number of benzene rings is 1. The monoisotopic (exact) mass is 516 g/mol. The minimum atomic E-state index is -4.02. The average molecular weight is 517 g/mol. The standard InChI is InChI=1S/C24H25FN4O6S/c1-14-8-11-20(35-14)24-28-27-21(29(24)22-18(33-3)6-5-7-19(22)34-4)13-36(31,32)15(2)23(30)17-10-9-16(25)12-26-17/h5-12,15,23,30H,13H2,1-4H3/t15-,23-/m1/s1. The van der Waals surface area contributed by atoms with Crippen LogP contribution in [0.1, 0.15) is 30.3 Å². The molecular weight excluding hydrogens is 491 g/mol. The van der Waals surface area contributed by atoms with Crippen LogP contribution >= 0.6 is 0 Å². The van der Waals surface area contributed by atoms with Crippen molar-refractivity contribution in [3.8, 4) is 28.8 Å². The van der Waals surface area contributed by atoms with Crippen molar-refractivity contribution in [3.05, 3.63) is 71.8 Å². The molecule has 36 heavy (non-hydrogen) atoms. The van der Waals surface area contributed by atoms with Crippen molar-refractivity contribution in [1.82, 2.24) is 19.7 Å². The van der Waals surface area contributed by atoms with E-state index in [0.717, 1.165) is 12.3 Å². The van der Waals surface area contributed by atoms with Crippen molar-refractivity contribution >= 4 is 9.84 Å². The van der Waals surface area contributed by atoms with Gasteiger partial charge in [-0.2, -0.15) is 0 Å². The molecule has 0 aliphatic carbocycles. The summed E-state index contributed by atoms with van der Waals surface area (Å²) in [6.07, 6.45) is -0.569. The Kier molecular flexibility index (Phi) is 7.09. The summed E-state index contributed by atoms with van der Waals surface area (Å²) in [5.41, 5.74) is 0.419. The Balaban J connectivity index is 1.81. The second-order valence-electron chi connectivity index (χ2n) is 8.06. The number of methoxy groups -OCH3 is 2. The first-order valence-electron chi connectivity index (χ1n) is 10.9. The zero-order chi connectivity index (χ0) is 26.0. The van der Waals surface area contributed by atoms with Gasteiger partial charge in [0.05, 0.1) is 31.4 Å². The fraction of sp³-hybridized carbons (Fsp3) is 0.292. The van der Waals surface area contributed by atoms with Crippen LogP contribution in [-0.4, -0.2) is 52.7 Å². The van der Waals surface area contributed by atoms with Crippen LogP contribution in [0.25, 0.3) is 17.3 Å². The van der Waals surface area contributed by atoms with Crippen molar-refractivity contribution in [3.63, 3.8) is 0 Å². The molecule has 4 aromatic rings. The van der Waals surface area contributed by atoms with Crippen LogP contribution in [0.15, 0.2) is 53.1 Å². The molecule has 190 valence electrons. The van der Waals surface area contributed by atoms with Gasteiger partial charge in [-0.25, -0.2) is 12.8 Å². The number of para-hydroxylation sites is 1. The van der Waals surface area contributed by atoms with Crippen LogP contribution in [0.5, 0.6) is 11.5 Å². The fourth-order valence-corrected chi connectivity index (χ4v) is 5.06. The lowest BCUT2D eigenvalue weighted by Gasteiger charge is -2.20. The summed E-state index contributed by atoms with van der Waals surface area (Å²) in [6, 6.07) is 10.9. The Labute approximate surface area is 207 Å². The van der Waals surface area contributed by atoms with Gasteiger partial charge in [-0.1, -0.05) is 6.07 Å². The maximum Gasteiger partial charge on any atom is 0.204 e. The van der Waals surface area contributed by atoms with Crippen LogP contribution < -0.4 is 9.47 Å². The molecule has 0 spiro atoms. The quantitative estimate of drug-likeness (QED) is 0.356. The second kappa shape index (κ2) is 10.1. The minimum Gasteiger partial charge on any atom is -0.494 e. The van der Waals surface area contributed by atoms with Gasteiger partial charge in [-0.15, -0.1) is 10.2 Å². The summed E-state index contributed by atoms with van der Waals surface area (Å²) in [7, 11) is -1.07. The highest BCUT2D eigenvalue weighted by molar-refractivity contribution is 7.91. The molecule has 4 rings (SSSR count). The molecule has 3 heterocycles. The maximum atomic E-state index is 13.4. The normalized spacial score (nSPS) is 13.4. The van der Waals surface area contributed by atoms with E-state index in [9.17, 15) is 17.9 Å². The number of hydrogen-bond donors (Lipinski definition) is 1. The topological polar surface area (TPSA) is 130 Å². The molecule has 1 N–H and O–H groups in total. The van der Waals surface area contributed by atoms with Gasteiger partial charge in [0.2, 0.25) is 5.82 Å². The third-order valence-corrected chi connectivity index (χ3v) is 7.76. The number of aliphatic hydroxyl groups is 1. The van der Waals surface area contributed by atoms with Gasteiger partial charge in [0, 0.05) is 0 Å². The van der Waals surface area contributed by atoms with Gasteiger partial charge in [-0.3, -0.25) is 9.55 Å². The molecule has 12 heteroatoms. The lowest BCUT2D eigenvalue weighted by Crippen LogP contribution is -2.28. The molecule has 0 radical (unpaired) electrons. The molecular formula is C24H25FN4O6S. The highest BCUT2D eigenvalue weighted by Gasteiger charge is 2.33. The molecule has 0 saturated carbocycles. The average Bonchev–Trinajstić information content (AvgIpc) is 3.48. The Bertz CT molecular complexity index is 1440. The predicted molar refractivity (Wildman–Crippen MR) is 128 cm³/mol. The third kappa shape index (κ3) is 4.82. The lowest BCUT2D eigenvalue weighted by molar-refractivity contribution is 0.171. The number of nitrogens with zero attached hydrogens (tertiary/aromatic N) is 4. The van der Waals surface area contributed by atoms with E-state index in [4.69, 9.17) is 13.9 Å². The van der Waals surface area contributed by atoms with Crippen LogP contribution in [0.2, 0.25) is 0 Å². The number of rotatable bonds is 9. The molecule has 0 amide bonds. The summed E-state index contributed by atoms with van der Waals surface area (Å²) in [5.74, 6) is 0.880.